The molecule has 4 fully saturated rings. The summed E-state index contributed by atoms with van der Waals surface area (Å²) in [6.45, 7) is 5.26. The number of rotatable bonds is 12. The lowest BCUT2D eigenvalue weighted by molar-refractivity contribution is -0.257. The number of carbonyl (C=O) groups is 2. The molecule has 0 saturated heterocycles. The molecule has 236 valence electrons. The average molecular weight is 601 g/mol. The summed E-state index contributed by atoms with van der Waals surface area (Å²) in [5.41, 5.74) is 3.23. The number of hydroxylamine groups is 1. The van der Waals surface area contributed by atoms with E-state index < -0.39 is 28.9 Å². The summed E-state index contributed by atoms with van der Waals surface area (Å²) >= 11 is -1.45. The second kappa shape index (κ2) is 16.1. The number of carboxylic acid groups (broad SMARTS) is 1. The van der Waals surface area contributed by atoms with Crippen molar-refractivity contribution in [3.63, 3.8) is 0 Å². The maximum absolute atomic E-state index is 13.3. The van der Waals surface area contributed by atoms with E-state index in [1.165, 1.54) is 0 Å². The van der Waals surface area contributed by atoms with Gasteiger partial charge < -0.3 is 15.3 Å². The molecule has 0 aromatic rings. The largest absolute Gasteiger partial charge is 0.481 e. The Hall–Kier alpha value is -1.11. The van der Waals surface area contributed by atoms with Gasteiger partial charge >= 0.3 is 5.97 Å². The van der Waals surface area contributed by atoms with Crippen LogP contribution in [0.4, 0.5) is 0 Å². The van der Waals surface area contributed by atoms with Gasteiger partial charge in [-0.05, 0) is 101 Å². The van der Waals surface area contributed by atoms with Crippen LogP contribution in [0.25, 0.3) is 0 Å². The normalized spacial score (nSPS) is 39.1. The Bertz CT molecular complexity index is 877. The van der Waals surface area contributed by atoms with Gasteiger partial charge in [0.25, 0.3) is 0 Å². The molecule has 11 unspecified atom stereocenters. The molecule has 4 aliphatic rings. The fourth-order valence-electron chi connectivity index (χ4n) is 7.63. The number of aliphatic carboxylic acids is 1. The number of nitrogens with one attached hydrogen (secondary N) is 2. The molecule has 11 atom stereocenters. The fourth-order valence-corrected chi connectivity index (χ4v) is 8.98. The summed E-state index contributed by atoms with van der Waals surface area (Å²) in [6, 6.07) is 0.0370. The van der Waals surface area contributed by atoms with Gasteiger partial charge in [0, 0.05) is 12.1 Å². The predicted octanol–water partition coefficient (Wildman–Crippen LogP) is 4.61. The molecule has 4 saturated carbocycles. The Kier molecular flexibility index (Phi) is 12.9. The first-order chi connectivity index (χ1) is 19.7. The minimum Gasteiger partial charge on any atom is -0.481 e. The van der Waals surface area contributed by atoms with Crippen LogP contribution in [0.15, 0.2) is 0 Å². The molecule has 4 aliphatic carbocycles. The van der Waals surface area contributed by atoms with Gasteiger partial charge in [-0.15, -0.1) is 0 Å². The van der Waals surface area contributed by atoms with Crippen molar-refractivity contribution in [2.45, 2.75) is 127 Å². The van der Waals surface area contributed by atoms with Crippen molar-refractivity contribution in [2.24, 2.45) is 35.5 Å². The molecule has 0 aliphatic heterocycles. The Morgan fingerprint density at radius 3 is 2.32 bits per heavy atom. The highest BCUT2D eigenvalue weighted by Gasteiger charge is 2.40. The summed E-state index contributed by atoms with van der Waals surface area (Å²) in [7, 11) is 0. The maximum atomic E-state index is 13.3. The van der Waals surface area contributed by atoms with Crippen LogP contribution in [-0.2, 0) is 34.6 Å². The zero-order chi connectivity index (χ0) is 29.4. The molecule has 0 heterocycles. The van der Waals surface area contributed by atoms with Crippen LogP contribution in [0.3, 0.4) is 0 Å². The molecule has 10 nitrogen and oxygen atoms in total. The Labute approximate surface area is 247 Å². The number of hydrogen-bond donors (Lipinski definition) is 4. The summed E-state index contributed by atoms with van der Waals surface area (Å²) in [5.74, 6) is -0.539. The van der Waals surface area contributed by atoms with Crippen LogP contribution in [0.5, 0.6) is 0 Å². The second-order valence-corrected chi connectivity index (χ2v) is 14.8. The van der Waals surface area contributed by atoms with Crippen LogP contribution in [0.2, 0.25) is 0 Å². The van der Waals surface area contributed by atoms with E-state index in [0.717, 1.165) is 70.6 Å². The third kappa shape index (κ3) is 9.69. The van der Waals surface area contributed by atoms with E-state index in [1.54, 1.807) is 0 Å². The molecule has 1 amide bonds. The summed E-state index contributed by atoms with van der Waals surface area (Å²) in [5, 5.41) is 21.5. The first-order valence-corrected chi connectivity index (χ1v) is 17.1. The lowest BCUT2D eigenvalue weighted by atomic mass is 9.74. The van der Waals surface area contributed by atoms with Gasteiger partial charge in [-0.1, -0.05) is 26.7 Å². The van der Waals surface area contributed by atoms with E-state index in [9.17, 15) is 18.9 Å². The highest BCUT2D eigenvalue weighted by Crippen LogP contribution is 2.36. The van der Waals surface area contributed by atoms with Crippen molar-refractivity contribution in [2.75, 3.05) is 13.2 Å². The molecule has 0 aromatic carbocycles. The SMILES string of the molecule is CC1CCC(COO)C(CONC2CCCC(OS(=O)C3CCCC(NC(=O)C4CC(C)CCC4C(=O)O)C3)C2)C1. The minimum absolute atomic E-state index is 0.0998. The van der Waals surface area contributed by atoms with E-state index in [-0.39, 0.29) is 29.3 Å². The summed E-state index contributed by atoms with van der Waals surface area (Å²) in [4.78, 5) is 35.2. The number of amides is 1. The van der Waals surface area contributed by atoms with Crippen LogP contribution >= 0.6 is 0 Å². The molecule has 0 bridgehead atoms. The van der Waals surface area contributed by atoms with Crippen molar-refractivity contribution in [3.8, 4) is 0 Å². The highest BCUT2D eigenvalue weighted by molar-refractivity contribution is 7.80. The second-order valence-electron chi connectivity index (χ2n) is 13.5. The van der Waals surface area contributed by atoms with Gasteiger partial charge in [0.2, 0.25) is 5.91 Å². The monoisotopic (exact) mass is 600 g/mol. The number of carbonyl (C=O) groups excluding carboxylic acids is 1. The van der Waals surface area contributed by atoms with Crippen molar-refractivity contribution in [1.29, 1.82) is 0 Å². The Balaban J connectivity index is 1.20. The molecule has 0 aromatic heterocycles. The van der Waals surface area contributed by atoms with Crippen LogP contribution < -0.4 is 10.8 Å². The van der Waals surface area contributed by atoms with Crippen molar-refractivity contribution >= 4 is 23.0 Å². The van der Waals surface area contributed by atoms with Crippen molar-refractivity contribution < 1.29 is 38.1 Å². The molecular weight excluding hydrogens is 548 g/mol. The topological polar surface area (TPSA) is 143 Å². The van der Waals surface area contributed by atoms with E-state index in [2.05, 4.69) is 29.5 Å². The first kappa shape index (κ1) is 32.8. The van der Waals surface area contributed by atoms with Gasteiger partial charge in [0.05, 0.1) is 36.4 Å². The van der Waals surface area contributed by atoms with E-state index in [4.69, 9.17) is 14.3 Å². The standard InChI is InChI=1S/C30H52N2O8S/c1-19-9-11-21(18-39-36)22(13-19)17-38-32-24-6-3-7-25(15-24)40-41(37)26-8-4-5-23(16-26)31-29(33)28-14-20(2)10-12-27(28)30(34)35/h19-28,32,36H,3-18H2,1-2H3,(H,31,33)(H,34,35). The average Bonchev–Trinajstić information content (AvgIpc) is 2.94. The quantitative estimate of drug-likeness (QED) is 0.187. The minimum atomic E-state index is -1.45. The van der Waals surface area contributed by atoms with E-state index >= 15 is 0 Å². The molecule has 4 rings (SSSR count). The van der Waals surface area contributed by atoms with Crippen molar-refractivity contribution in [1.82, 2.24) is 10.8 Å². The fraction of sp³-hybridized carbons (Fsp3) is 0.933. The number of hydrogen-bond acceptors (Lipinski definition) is 8. The summed E-state index contributed by atoms with van der Waals surface area (Å²) < 4.78 is 19.3. The zero-order valence-corrected chi connectivity index (χ0v) is 25.7. The number of carboxylic acids is 1. The van der Waals surface area contributed by atoms with Gasteiger partial charge in [-0.3, -0.25) is 19.0 Å². The van der Waals surface area contributed by atoms with E-state index in [0.29, 0.717) is 56.1 Å². The third-order valence-corrected chi connectivity index (χ3v) is 11.5. The lowest BCUT2D eigenvalue weighted by Gasteiger charge is -2.35. The van der Waals surface area contributed by atoms with Gasteiger partial charge in [-0.25, -0.2) is 9.10 Å². The van der Waals surface area contributed by atoms with Crippen LogP contribution in [-0.4, -0.2) is 63.1 Å². The van der Waals surface area contributed by atoms with E-state index in [1.807, 2.05) is 0 Å². The maximum Gasteiger partial charge on any atom is 0.307 e. The highest BCUT2D eigenvalue weighted by atomic mass is 32.2. The van der Waals surface area contributed by atoms with Crippen molar-refractivity contribution in [3.05, 3.63) is 0 Å². The van der Waals surface area contributed by atoms with Gasteiger partial charge in [0.1, 0.15) is 0 Å². The summed E-state index contributed by atoms with van der Waals surface area (Å²) in [6.07, 6.45) is 11.7. The molecule has 41 heavy (non-hydrogen) atoms. The van der Waals surface area contributed by atoms with Crippen LogP contribution in [0.1, 0.15) is 104 Å². The Morgan fingerprint density at radius 2 is 1.54 bits per heavy atom. The van der Waals surface area contributed by atoms with Gasteiger partial charge in [0.15, 0.2) is 11.1 Å². The van der Waals surface area contributed by atoms with Crippen LogP contribution in [0, 0.1) is 35.5 Å². The van der Waals surface area contributed by atoms with Gasteiger partial charge in [-0.2, -0.15) is 5.48 Å². The zero-order valence-electron chi connectivity index (χ0n) is 24.8. The molecular formula is C30H52N2O8S. The molecule has 4 N–H and O–H groups in total. The molecule has 0 radical (unpaired) electrons. The smallest absolute Gasteiger partial charge is 0.307 e. The first-order valence-electron chi connectivity index (χ1n) is 16.0. The third-order valence-electron chi connectivity index (χ3n) is 10.1. The molecule has 0 spiro atoms. The lowest BCUT2D eigenvalue weighted by Crippen LogP contribution is -2.47. The Morgan fingerprint density at radius 1 is 0.805 bits per heavy atom. The predicted molar refractivity (Wildman–Crippen MR) is 155 cm³/mol. The molecule has 11 heteroatoms.